The van der Waals surface area contributed by atoms with Crippen molar-refractivity contribution in [3.8, 4) is 0 Å². The Morgan fingerprint density at radius 2 is 1.78 bits per heavy atom. The van der Waals surface area contributed by atoms with E-state index in [2.05, 4.69) is 26.7 Å². The second-order valence-corrected chi connectivity index (χ2v) is 6.63. The van der Waals surface area contributed by atoms with Gasteiger partial charge in [0.15, 0.2) is 5.96 Å². The Morgan fingerprint density at radius 3 is 2.37 bits per heavy atom. The first kappa shape index (κ1) is 20.4. The Hall–Kier alpha value is -2.89. The lowest BCUT2D eigenvalue weighted by atomic mass is 10.1. The Bertz CT molecular complexity index is 768. The van der Waals surface area contributed by atoms with Crippen LogP contribution in [-0.4, -0.2) is 56.0 Å². The molecule has 0 spiro atoms. The summed E-state index contributed by atoms with van der Waals surface area (Å²) in [5.41, 5.74) is 4.06. The van der Waals surface area contributed by atoms with Gasteiger partial charge in [0.25, 0.3) is 5.91 Å². The van der Waals surface area contributed by atoms with Crippen LogP contribution in [0.2, 0.25) is 0 Å². The molecule has 1 aromatic carbocycles. The second-order valence-electron chi connectivity index (χ2n) is 6.63. The molecule has 6 nitrogen and oxygen atoms in total. The van der Waals surface area contributed by atoms with Crippen LogP contribution >= 0.6 is 0 Å². The van der Waals surface area contributed by atoms with Crippen molar-refractivity contribution in [3.05, 3.63) is 65.0 Å². The number of aryl methyl sites for hydroxylation is 1. The number of pyridine rings is 1. The maximum atomic E-state index is 12.1. The monoisotopic (exact) mass is 367 g/mol. The summed E-state index contributed by atoms with van der Waals surface area (Å²) in [6.45, 7) is 3.52. The molecule has 1 aromatic heterocycles. The lowest BCUT2D eigenvalue weighted by molar-refractivity contribution is 0.0827. The van der Waals surface area contributed by atoms with Crippen LogP contribution in [0.25, 0.3) is 0 Å². The van der Waals surface area contributed by atoms with Crippen LogP contribution in [0.3, 0.4) is 0 Å². The van der Waals surface area contributed by atoms with Crippen molar-refractivity contribution in [1.82, 2.24) is 20.5 Å². The third kappa shape index (κ3) is 6.73. The Kier molecular flexibility index (Phi) is 7.79. The molecule has 144 valence electrons. The fourth-order valence-electron chi connectivity index (χ4n) is 2.64. The fraction of sp³-hybridized carbons (Fsp3) is 0.381. The predicted octanol–water partition coefficient (Wildman–Crippen LogP) is 2.04. The van der Waals surface area contributed by atoms with E-state index < -0.39 is 0 Å². The van der Waals surface area contributed by atoms with Crippen LogP contribution in [0, 0.1) is 6.92 Å². The number of aromatic nitrogens is 1. The number of rotatable bonds is 7. The lowest BCUT2D eigenvalue weighted by Crippen LogP contribution is -2.39. The van der Waals surface area contributed by atoms with Crippen LogP contribution in [0.5, 0.6) is 0 Å². The van der Waals surface area contributed by atoms with Gasteiger partial charge in [0.2, 0.25) is 0 Å². The number of benzene rings is 1. The van der Waals surface area contributed by atoms with Gasteiger partial charge in [0.05, 0.1) is 0 Å². The summed E-state index contributed by atoms with van der Waals surface area (Å²) >= 11 is 0. The molecule has 27 heavy (non-hydrogen) atoms. The molecule has 0 aliphatic carbocycles. The molecular weight excluding hydrogens is 338 g/mol. The summed E-state index contributed by atoms with van der Waals surface area (Å²) < 4.78 is 0. The Morgan fingerprint density at radius 1 is 1.07 bits per heavy atom. The molecule has 1 heterocycles. The zero-order chi connectivity index (χ0) is 19.6. The van der Waals surface area contributed by atoms with Crippen molar-refractivity contribution < 1.29 is 4.79 Å². The summed E-state index contributed by atoms with van der Waals surface area (Å²) in [6, 6.07) is 11.9. The zero-order valence-corrected chi connectivity index (χ0v) is 16.6. The van der Waals surface area contributed by atoms with Crippen molar-refractivity contribution in [3.63, 3.8) is 0 Å². The predicted molar refractivity (Wildman–Crippen MR) is 110 cm³/mol. The van der Waals surface area contributed by atoms with Crippen molar-refractivity contribution in [2.24, 2.45) is 4.99 Å². The molecule has 0 radical (unpaired) electrons. The third-order valence-electron chi connectivity index (χ3n) is 4.19. The third-order valence-corrected chi connectivity index (χ3v) is 4.19. The van der Waals surface area contributed by atoms with Gasteiger partial charge in [-0.15, -0.1) is 0 Å². The van der Waals surface area contributed by atoms with E-state index in [0.29, 0.717) is 5.56 Å². The van der Waals surface area contributed by atoms with Gasteiger partial charge in [0, 0.05) is 51.7 Å². The van der Waals surface area contributed by atoms with E-state index in [-0.39, 0.29) is 5.91 Å². The fourth-order valence-corrected chi connectivity index (χ4v) is 2.64. The highest BCUT2D eigenvalue weighted by Gasteiger charge is 2.08. The molecule has 2 N–H and O–H groups in total. The molecule has 2 rings (SSSR count). The smallest absolute Gasteiger partial charge is 0.253 e. The number of carbonyl (C=O) groups is 1. The minimum atomic E-state index is 0.0212. The van der Waals surface area contributed by atoms with E-state index in [4.69, 9.17) is 0 Å². The summed E-state index contributed by atoms with van der Waals surface area (Å²) in [4.78, 5) is 22.2. The second kappa shape index (κ2) is 10.3. The van der Waals surface area contributed by atoms with Gasteiger partial charge >= 0.3 is 0 Å². The minimum absolute atomic E-state index is 0.0212. The maximum absolute atomic E-state index is 12.1. The number of nitrogens with one attached hydrogen (secondary N) is 2. The normalized spacial score (nSPS) is 11.2. The van der Waals surface area contributed by atoms with Crippen molar-refractivity contribution >= 4 is 11.9 Å². The first-order valence-electron chi connectivity index (χ1n) is 9.16. The average Bonchev–Trinajstić information content (AvgIpc) is 2.67. The standard InChI is InChI=1S/C21H29N5O/c1-16-8-9-18(15-25-16)11-13-24-21(22-2)23-12-10-17-6-5-7-19(14-17)20(27)26(3)4/h5-9,14-15H,10-13H2,1-4H3,(H2,22,23,24). The number of carbonyl (C=O) groups excluding carboxylic acids is 1. The molecule has 0 bridgehead atoms. The topological polar surface area (TPSA) is 69.6 Å². The van der Waals surface area contributed by atoms with Crippen molar-refractivity contribution in [2.75, 3.05) is 34.2 Å². The number of hydrogen-bond acceptors (Lipinski definition) is 3. The molecular formula is C21H29N5O. The number of nitrogens with zero attached hydrogens (tertiary/aromatic N) is 3. The van der Waals surface area contributed by atoms with E-state index in [1.165, 1.54) is 5.56 Å². The van der Waals surface area contributed by atoms with Crippen LogP contribution < -0.4 is 10.6 Å². The van der Waals surface area contributed by atoms with E-state index in [9.17, 15) is 4.79 Å². The number of hydrogen-bond donors (Lipinski definition) is 2. The van der Waals surface area contributed by atoms with Crippen LogP contribution in [0.1, 0.15) is 27.2 Å². The largest absolute Gasteiger partial charge is 0.356 e. The molecule has 6 heteroatoms. The highest BCUT2D eigenvalue weighted by molar-refractivity contribution is 5.94. The van der Waals surface area contributed by atoms with Gasteiger partial charge in [0.1, 0.15) is 0 Å². The highest BCUT2D eigenvalue weighted by atomic mass is 16.2. The summed E-state index contributed by atoms with van der Waals surface area (Å²) in [5.74, 6) is 0.795. The quantitative estimate of drug-likeness (QED) is 0.580. The molecule has 0 atom stereocenters. The maximum Gasteiger partial charge on any atom is 0.253 e. The first-order chi connectivity index (χ1) is 13.0. The van der Waals surface area contributed by atoms with Crippen LogP contribution in [-0.2, 0) is 12.8 Å². The van der Waals surface area contributed by atoms with E-state index >= 15 is 0 Å². The molecule has 2 aromatic rings. The Labute approximate surface area is 161 Å². The number of amides is 1. The average molecular weight is 367 g/mol. The van der Waals surface area contributed by atoms with E-state index in [0.717, 1.165) is 43.1 Å². The van der Waals surface area contributed by atoms with Gasteiger partial charge in [-0.2, -0.15) is 0 Å². The van der Waals surface area contributed by atoms with E-state index in [1.54, 1.807) is 26.0 Å². The molecule has 1 amide bonds. The summed E-state index contributed by atoms with van der Waals surface area (Å²) in [6.07, 6.45) is 3.62. The number of guanidine groups is 1. The van der Waals surface area contributed by atoms with Gasteiger partial charge in [-0.05, 0) is 49.1 Å². The van der Waals surface area contributed by atoms with Crippen LogP contribution in [0.15, 0.2) is 47.6 Å². The van der Waals surface area contributed by atoms with Crippen molar-refractivity contribution in [1.29, 1.82) is 0 Å². The SMILES string of the molecule is CN=C(NCCc1ccc(C)nc1)NCCc1cccc(C(=O)N(C)C)c1. The molecule has 0 saturated heterocycles. The van der Waals surface area contributed by atoms with Crippen LogP contribution in [0.4, 0.5) is 0 Å². The molecule has 0 saturated carbocycles. The number of aliphatic imine (C=N–C) groups is 1. The minimum Gasteiger partial charge on any atom is -0.356 e. The summed E-state index contributed by atoms with van der Waals surface area (Å²) in [5, 5.41) is 6.63. The van der Waals surface area contributed by atoms with Gasteiger partial charge in [-0.1, -0.05) is 18.2 Å². The molecule has 0 aliphatic rings. The van der Waals surface area contributed by atoms with Gasteiger partial charge < -0.3 is 15.5 Å². The van der Waals surface area contributed by atoms with E-state index in [1.807, 2.05) is 43.5 Å². The first-order valence-corrected chi connectivity index (χ1v) is 9.16. The van der Waals surface area contributed by atoms with Gasteiger partial charge in [-0.25, -0.2) is 0 Å². The Balaban J connectivity index is 1.77. The highest BCUT2D eigenvalue weighted by Crippen LogP contribution is 2.07. The molecule has 0 unspecified atom stereocenters. The lowest BCUT2D eigenvalue weighted by Gasteiger charge is -2.13. The molecule has 0 aliphatic heterocycles. The molecule has 0 fully saturated rings. The zero-order valence-electron chi connectivity index (χ0n) is 16.6. The van der Waals surface area contributed by atoms with Gasteiger partial charge in [-0.3, -0.25) is 14.8 Å². The van der Waals surface area contributed by atoms with Crippen molar-refractivity contribution in [2.45, 2.75) is 19.8 Å². The summed E-state index contributed by atoms with van der Waals surface area (Å²) in [7, 11) is 5.29.